The predicted octanol–water partition coefficient (Wildman–Crippen LogP) is 2.33. The molecule has 0 radical (unpaired) electrons. The van der Waals surface area contributed by atoms with Crippen LogP contribution in [0.4, 0.5) is 0 Å². The van der Waals surface area contributed by atoms with Gasteiger partial charge in [-0.1, -0.05) is 11.6 Å². The number of H-pyrrole nitrogens is 1. The molecule has 106 valence electrons. The van der Waals surface area contributed by atoms with Crippen LogP contribution in [-0.2, 0) is 5.60 Å². The first-order valence-electron chi connectivity index (χ1n) is 5.99. The van der Waals surface area contributed by atoms with E-state index in [0.29, 0.717) is 16.5 Å². The van der Waals surface area contributed by atoms with Crippen LogP contribution in [0, 0.1) is 0 Å². The first-order chi connectivity index (χ1) is 9.32. The summed E-state index contributed by atoms with van der Waals surface area (Å²) in [5.41, 5.74) is -0.180. The predicted molar refractivity (Wildman–Crippen MR) is 77.1 cm³/mol. The standard InChI is InChI=1S/C14H15ClN2O3/c1-14(2,19)9-7-11(16-17-13(9)18)8-4-5-12(20-3)10(15)6-8/h4-7,19H,1-3H3,(H,17,18). The van der Waals surface area contributed by atoms with Crippen molar-refractivity contribution in [2.45, 2.75) is 19.4 Å². The summed E-state index contributed by atoms with van der Waals surface area (Å²) in [4.78, 5) is 11.7. The van der Waals surface area contributed by atoms with Crippen molar-refractivity contribution in [3.05, 3.63) is 45.2 Å². The maximum atomic E-state index is 11.7. The number of aromatic amines is 1. The van der Waals surface area contributed by atoms with Crippen molar-refractivity contribution in [3.8, 4) is 17.0 Å². The van der Waals surface area contributed by atoms with Gasteiger partial charge in [0.1, 0.15) is 5.75 Å². The molecule has 20 heavy (non-hydrogen) atoms. The molecular formula is C14H15ClN2O3. The van der Waals surface area contributed by atoms with E-state index >= 15 is 0 Å². The summed E-state index contributed by atoms with van der Waals surface area (Å²) in [6.07, 6.45) is 0. The molecule has 2 aromatic rings. The van der Waals surface area contributed by atoms with Crippen LogP contribution in [0.25, 0.3) is 11.3 Å². The van der Waals surface area contributed by atoms with Gasteiger partial charge in [0.25, 0.3) is 5.56 Å². The zero-order valence-electron chi connectivity index (χ0n) is 11.4. The minimum absolute atomic E-state index is 0.245. The van der Waals surface area contributed by atoms with Gasteiger partial charge < -0.3 is 9.84 Å². The van der Waals surface area contributed by atoms with E-state index < -0.39 is 11.2 Å². The van der Waals surface area contributed by atoms with E-state index in [9.17, 15) is 9.90 Å². The summed E-state index contributed by atoms with van der Waals surface area (Å²) in [6, 6.07) is 6.74. The molecule has 6 heteroatoms. The average Bonchev–Trinajstić information content (AvgIpc) is 2.37. The van der Waals surface area contributed by atoms with Crippen molar-refractivity contribution in [1.82, 2.24) is 10.2 Å². The summed E-state index contributed by atoms with van der Waals surface area (Å²) in [7, 11) is 1.53. The zero-order chi connectivity index (χ0) is 14.9. The van der Waals surface area contributed by atoms with E-state index in [4.69, 9.17) is 16.3 Å². The summed E-state index contributed by atoms with van der Waals surface area (Å²) < 4.78 is 5.08. The molecule has 2 rings (SSSR count). The summed E-state index contributed by atoms with van der Waals surface area (Å²) in [5, 5.41) is 16.8. The third kappa shape index (κ3) is 2.84. The highest BCUT2D eigenvalue weighted by molar-refractivity contribution is 6.32. The SMILES string of the molecule is COc1ccc(-c2cc(C(C)(C)O)c(=O)[nH]n2)cc1Cl. The Balaban J connectivity index is 2.54. The third-order valence-corrected chi connectivity index (χ3v) is 3.21. The maximum absolute atomic E-state index is 11.7. The molecule has 0 aliphatic carbocycles. The van der Waals surface area contributed by atoms with E-state index in [1.807, 2.05) is 0 Å². The highest BCUT2D eigenvalue weighted by atomic mass is 35.5. The molecule has 0 saturated heterocycles. The second-order valence-corrected chi connectivity index (χ2v) is 5.31. The van der Waals surface area contributed by atoms with Crippen LogP contribution in [0.1, 0.15) is 19.4 Å². The number of nitrogens with one attached hydrogen (secondary N) is 1. The first-order valence-corrected chi connectivity index (χ1v) is 6.37. The Kier molecular flexibility index (Phi) is 3.83. The molecular weight excluding hydrogens is 280 g/mol. The Morgan fingerprint density at radius 1 is 1.35 bits per heavy atom. The number of nitrogens with zero attached hydrogens (tertiary/aromatic N) is 1. The number of methoxy groups -OCH3 is 1. The fourth-order valence-corrected chi connectivity index (χ4v) is 2.09. The zero-order valence-corrected chi connectivity index (χ0v) is 12.2. The van der Waals surface area contributed by atoms with Gasteiger partial charge in [0.15, 0.2) is 0 Å². The fraction of sp³-hybridized carbons (Fsp3) is 0.286. The van der Waals surface area contributed by atoms with Gasteiger partial charge in [0, 0.05) is 5.56 Å². The largest absolute Gasteiger partial charge is 0.495 e. The van der Waals surface area contributed by atoms with Gasteiger partial charge in [-0.15, -0.1) is 0 Å². The number of hydrogen-bond acceptors (Lipinski definition) is 4. The molecule has 0 aliphatic heterocycles. The van der Waals surface area contributed by atoms with E-state index in [1.54, 1.807) is 38.1 Å². The van der Waals surface area contributed by atoms with Gasteiger partial charge in [0.05, 0.1) is 29.0 Å². The lowest BCUT2D eigenvalue weighted by Crippen LogP contribution is -2.27. The van der Waals surface area contributed by atoms with Crippen LogP contribution >= 0.6 is 11.6 Å². The number of aromatic nitrogens is 2. The second-order valence-electron chi connectivity index (χ2n) is 4.90. The van der Waals surface area contributed by atoms with Gasteiger partial charge in [-0.05, 0) is 38.1 Å². The number of aliphatic hydroxyl groups is 1. The van der Waals surface area contributed by atoms with Gasteiger partial charge in [-0.25, -0.2) is 5.10 Å². The van der Waals surface area contributed by atoms with Crippen LogP contribution in [0.15, 0.2) is 29.1 Å². The summed E-state index contributed by atoms with van der Waals surface area (Å²) in [5.74, 6) is 0.558. The Bertz CT molecular complexity index is 690. The van der Waals surface area contributed by atoms with Crippen molar-refractivity contribution in [2.75, 3.05) is 7.11 Å². The molecule has 0 bridgehead atoms. The smallest absolute Gasteiger partial charge is 0.270 e. The number of halogens is 1. The molecule has 0 unspecified atom stereocenters. The van der Waals surface area contributed by atoms with Gasteiger partial charge >= 0.3 is 0 Å². The summed E-state index contributed by atoms with van der Waals surface area (Å²) in [6.45, 7) is 3.09. The highest BCUT2D eigenvalue weighted by Crippen LogP contribution is 2.29. The monoisotopic (exact) mass is 294 g/mol. The average molecular weight is 295 g/mol. The summed E-state index contributed by atoms with van der Waals surface area (Å²) >= 11 is 6.07. The molecule has 0 atom stereocenters. The van der Waals surface area contributed by atoms with E-state index in [-0.39, 0.29) is 5.56 Å². The Hall–Kier alpha value is -1.85. The molecule has 0 amide bonds. The molecule has 0 fully saturated rings. The normalized spacial score (nSPS) is 11.4. The van der Waals surface area contributed by atoms with Gasteiger partial charge in [-0.2, -0.15) is 5.10 Å². The Labute approximate surface area is 121 Å². The van der Waals surface area contributed by atoms with Crippen LogP contribution in [0.2, 0.25) is 5.02 Å². The Morgan fingerprint density at radius 3 is 2.60 bits per heavy atom. The van der Waals surface area contributed by atoms with Crippen LogP contribution in [-0.4, -0.2) is 22.4 Å². The number of ether oxygens (including phenoxy) is 1. The number of benzene rings is 1. The lowest BCUT2D eigenvalue weighted by atomic mass is 9.98. The molecule has 2 N–H and O–H groups in total. The van der Waals surface area contributed by atoms with Crippen molar-refractivity contribution in [2.24, 2.45) is 0 Å². The highest BCUT2D eigenvalue weighted by Gasteiger charge is 2.21. The molecule has 0 spiro atoms. The maximum Gasteiger partial charge on any atom is 0.270 e. The third-order valence-electron chi connectivity index (χ3n) is 2.91. The van der Waals surface area contributed by atoms with Crippen LogP contribution < -0.4 is 10.3 Å². The number of rotatable bonds is 3. The van der Waals surface area contributed by atoms with Crippen molar-refractivity contribution >= 4 is 11.6 Å². The lowest BCUT2D eigenvalue weighted by Gasteiger charge is -2.16. The first kappa shape index (κ1) is 14.6. The van der Waals surface area contributed by atoms with E-state index in [0.717, 1.165) is 5.56 Å². The van der Waals surface area contributed by atoms with Crippen molar-refractivity contribution in [1.29, 1.82) is 0 Å². The van der Waals surface area contributed by atoms with Gasteiger partial charge in [0.2, 0.25) is 0 Å². The molecule has 1 aromatic heterocycles. The topological polar surface area (TPSA) is 75.2 Å². The quantitative estimate of drug-likeness (QED) is 0.911. The van der Waals surface area contributed by atoms with Gasteiger partial charge in [-0.3, -0.25) is 4.79 Å². The fourth-order valence-electron chi connectivity index (χ4n) is 1.83. The number of hydrogen-bond donors (Lipinski definition) is 2. The molecule has 1 aromatic carbocycles. The van der Waals surface area contributed by atoms with E-state index in [1.165, 1.54) is 7.11 Å². The molecule has 0 saturated carbocycles. The molecule has 5 nitrogen and oxygen atoms in total. The minimum atomic E-state index is -1.25. The van der Waals surface area contributed by atoms with Crippen LogP contribution in [0.5, 0.6) is 5.75 Å². The van der Waals surface area contributed by atoms with Crippen molar-refractivity contribution in [3.63, 3.8) is 0 Å². The van der Waals surface area contributed by atoms with Crippen LogP contribution in [0.3, 0.4) is 0 Å². The second kappa shape index (κ2) is 5.26. The minimum Gasteiger partial charge on any atom is -0.495 e. The molecule has 0 aliphatic rings. The van der Waals surface area contributed by atoms with Crippen molar-refractivity contribution < 1.29 is 9.84 Å². The molecule has 1 heterocycles. The Morgan fingerprint density at radius 2 is 2.05 bits per heavy atom. The van der Waals surface area contributed by atoms with E-state index in [2.05, 4.69) is 10.2 Å². The lowest BCUT2D eigenvalue weighted by molar-refractivity contribution is 0.0769.